The minimum absolute atomic E-state index is 0. The fourth-order valence-electron chi connectivity index (χ4n) is 1.77. The van der Waals surface area contributed by atoms with Crippen LogP contribution in [0.15, 0.2) is 4.99 Å². The molecule has 1 rings (SSSR count). The number of aliphatic imine (C=N–C) groups is 1. The molecule has 0 amide bonds. The number of guanidine groups is 1. The van der Waals surface area contributed by atoms with Crippen LogP contribution < -0.4 is 16.0 Å². The van der Waals surface area contributed by atoms with Crippen LogP contribution in [-0.4, -0.2) is 43.2 Å². The van der Waals surface area contributed by atoms with Crippen molar-refractivity contribution in [3.05, 3.63) is 15.6 Å². The summed E-state index contributed by atoms with van der Waals surface area (Å²) in [6.07, 6.45) is 0.931. The zero-order valence-electron chi connectivity index (χ0n) is 14.5. The highest BCUT2D eigenvalue weighted by Gasteiger charge is 2.07. The number of nitrogens with one attached hydrogen (secondary N) is 3. The topological polar surface area (TPSA) is 61.3 Å². The molecule has 0 aromatic carbocycles. The van der Waals surface area contributed by atoms with Crippen molar-refractivity contribution in [3.8, 4) is 0 Å². The monoisotopic (exact) mass is 439 g/mol. The molecule has 0 fully saturated rings. The summed E-state index contributed by atoms with van der Waals surface area (Å²) >= 11 is 1.78. The number of thiazole rings is 1. The zero-order valence-corrected chi connectivity index (χ0v) is 17.7. The molecule has 0 aliphatic heterocycles. The fourth-order valence-corrected chi connectivity index (χ4v) is 2.71. The van der Waals surface area contributed by atoms with Crippen molar-refractivity contribution in [2.24, 2.45) is 4.99 Å². The van der Waals surface area contributed by atoms with Crippen molar-refractivity contribution in [1.82, 2.24) is 20.9 Å². The predicted molar refractivity (Wildman–Crippen MR) is 108 cm³/mol. The summed E-state index contributed by atoms with van der Waals surface area (Å²) in [5.41, 5.74) is 1.30. The van der Waals surface area contributed by atoms with E-state index in [1.165, 1.54) is 9.88 Å². The van der Waals surface area contributed by atoms with E-state index < -0.39 is 0 Å². The molecule has 0 aliphatic rings. The maximum atomic E-state index is 4.54. The van der Waals surface area contributed by atoms with Gasteiger partial charge in [0.15, 0.2) is 5.96 Å². The number of aryl methyl sites for hydroxylation is 2. The van der Waals surface area contributed by atoms with Crippen molar-refractivity contribution < 1.29 is 0 Å². The van der Waals surface area contributed by atoms with Gasteiger partial charge in [0.2, 0.25) is 0 Å². The number of halogens is 1. The molecular formula is C15H30IN5S. The van der Waals surface area contributed by atoms with Gasteiger partial charge in [-0.05, 0) is 34.6 Å². The molecule has 128 valence electrons. The summed E-state index contributed by atoms with van der Waals surface area (Å²) in [4.78, 5) is 10.1. The Balaban J connectivity index is 0.00000441. The van der Waals surface area contributed by atoms with Gasteiger partial charge in [0.05, 0.1) is 10.7 Å². The van der Waals surface area contributed by atoms with Gasteiger partial charge in [0.25, 0.3) is 0 Å². The largest absolute Gasteiger partial charge is 0.356 e. The Morgan fingerprint density at radius 3 is 2.27 bits per heavy atom. The third-order valence-corrected chi connectivity index (χ3v) is 4.13. The molecule has 0 atom stereocenters. The average molecular weight is 439 g/mol. The smallest absolute Gasteiger partial charge is 0.191 e. The summed E-state index contributed by atoms with van der Waals surface area (Å²) in [6, 6.07) is 0. The summed E-state index contributed by atoms with van der Waals surface area (Å²) in [7, 11) is 1.80. The molecule has 22 heavy (non-hydrogen) atoms. The summed E-state index contributed by atoms with van der Waals surface area (Å²) in [5.74, 6) is 0.843. The Morgan fingerprint density at radius 2 is 1.77 bits per heavy atom. The van der Waals surface area contributed by atoms with Crippen LogP contribution in [0.1, 0.15) is 36.3 Å². The summed E-state index contributed by atoms with van der Waals surface area (Å²) in [6.45, 7) is 13.3. The molecule has 0 spiro atoms. The Bertz CT molecular complexity index is 445. The first kappa shape index (κ1) is 21.6. The van der Waals surface area contributed by atoms with Crippen LogP contribution in [-0.2, 0) is 6.42 Å². The van der Waals surface area contributed by atoms with E-state index >= 15 is 0 Å². The molecule has 0 saturated carbocycles. The highest BCUT2D eigenvalue weighted by molar-refractivity contribution is 14.0. The quantitative estimate of drug-likeness (QED) is 0.276. The second-order valence-corrected chi connectivity index (χ2v) is 7.39. The van der Waals surface area contributed by atoms with Crippen LogP contribution in [0.3, 0.4) is 0 Å². The first-order valence-corrected chi connectivity index (χ1v) is 8.26. The number of nitrogens with zero attached hydrogens (tertiary/aromatic N) is 2. The van der Waals surface area contributed by atoms with Crippen LogP contribution in [0.2, 0.25) is 0 Å². The van der Waals surface area contributed by atoms with Gasteiger partial charge in [-0.15, -0.1) is 35.3 Å². The first-order valence-electron chi connectivity index (χ1n) is 7.44. The van der Waals surface area contributed by atoms with Gasteiger partial charge in [-0.25, -0.2) is 4.98 Å². The molecule has 1 aromatic rings. The summed E-state index contributed by atoms with van der Waals surface area (Å²) < 4.78 is 0. The summed E-state index contributed by atoms with van der Waals surface area (Å²) in [5, 5.41) is 11.2. The van der Waals surface area contributed by atoms with Crippen LogP contribution in [0.4, 0.5) is 0 Å². The number of aromatic nitrogens is 1. The first-order chi connectivity index (χ1) is 9.81. The standard InChI is InChI=1S/C15H29N5S.HI/c1-11-12(2)21-13(20-11)7-8-17-14(16-6)18-9-10-19-15(3,4)5;/h19H,7-10H2,1-6H3,(H2,16,17,18);1H. The Kier molecular flexibility index (Phi) is 10.2. The predicted octanol–water partition coefficient (Wildman–Crippen LogP) is 2.47. The van der Waals surface area contributed by atoms with Crippen molar-refractivity contribution >= 4 is 41.3 Å². The second kappa shape index (κ2) is 10.4. The molecule has 0 radical (unpaired) electrons. The second-order valence-electron chi connectivity index (χ2n) is 6.10. The van der Waals surface area contributed by atoms with E-state index in [1.807, 2.05) is 0 Å². The van der Waals surface area contributed by atoms with Crippen molar-refractivity contribution in [2.75, 3.05) is 26.7 Å². The van der Waals surface area contributed by atoms with Crippen molar-refractivity contribution in [2.45, 2.75) is 46.6 Å². The lowest BCUT2D eigenvalue weighted by Crippen LogP contribution is -2.44. The van der Waals surface area contributed by atoms with Crippen LogP contribution >= 0.6 is 35.3 Å². The van der Waals surface area contributed by atoms with E-state index in [2.05, 4.69) is 60.5 Å². The van der Waals surface area contributed by atoms with Gasteiger partial charge in [-0.1, -0.05) is 0 Å². The van der Waals surface area contributed by atoms with E-state index in [0.29, 0.717) is 0 Å². The van der Waals surface area contributed by atoms with Gasteiger partial charge in [0.1, 0.15) is 0 Å². The minimum Gasteiger partial charge on any atom is -0.356 e. The van der Waals surface area contributed by atoms with E-state index in [0.717, 1.165) is 37.7 Å². The molecule has 0 bridgehead atoms. The molecule has 7 heteroatoms. The molecular weight excluding hydrogens is 409 g/mol. The third kappa shape index (κ3) is 8.89. The molecule has 0 unspecified atom stereocenters. The minimum atomic E-state index is 0. The molecule has 5 nitrogen and oxygen atoms in total. The number of rotatable bonds is 6. The van der Waals surface area contributed by atoms with E-state index in [4.69, 9.17) is 0 Å². The molecule has 0 saturated heterocycles. The maximum Gasteiger partial charge on any atom is 0.191 e. The Labute approximate surface area is 155 Å². The van der Waals surface area contributed by atoms with E-state index in [1.54, 1.807) is 18.4 Å². The highest BCUT2D eigenvalue weighted by atomic mass is 127. The van der Waals surface area contributed by atoms with Crippen LogP contribution in [0, 0.1) is 13.8 Å². The molecule has 0 aliphatic carbocycles. The SMILES string of the molecule is CN=C(NCCNC(C)(C)C)NCCc1nc(C)c(C)s1.I. The van der Waals surface area contributed by atoms with Crippen LogP contribution in [0.25, 0.3) is 0 Å². The molecule has 3 N–H and O–H groups in total. The normalized spacial score (nSPS) is 12.0. The van der Waals surface area contributed by atoms with Gasteiger partial charge in [-0.3, -0.25) is 4.99 Å². The maximum absolute atomic E-state index is 4.54. The third-order valence-electron chi connectivity index (χ3n) is 3.00. The lowest BCUT2D eigenvalue weighted by molar-refractivity contribution is 0.428. The van der Waals surface area contributed by atoms with Gasteiger partial charge >= 0.3 is 0 Å². The van der Waals surface area contributed by atoms with Gasteiger partial charge in [0, 0.05) is 43.5 Å². The lowest BCUT2D eigenvalue weighted by atomic mass is 10.1. The fraction of sp³-hybridized carbons (Fsp3) is 0.733. The number of hydrogen-bond donors (Lipinski definition) is 3. The number of hydrogen-bond acceptors (Lipinski definition) is 4. The van der Waals surface area contributed by atoms with Gasteiger partial charge in [-0.2, -0.15) is 0 Å². The van der Waals surface area contributed by atoms with E-state index in [9.17, 15) is 0 Å². The van der Waals surface area contributed by atoms with Gasteiger partial charge < -0.3 is 16.0 Å². The van der Waals surface area contributed by atoms with Crippen molar-refractivity contribution in [1.29, 1.82) is 0 Å². The lowest BCUT2D eigenvalue weighted by Gasteiger charge is -2.21. The molecule has 1 aromatic heterocycles. The zero-order chi connectivity index (χ0) is 15.9. The van der Waals surface area contributed by atoms with Crippen LogP contribution in [0.5, 0.6) is 0 Å². The van der Waals surface area contributed by atoms with E-state index in [-0.39, 0.29) is 29.5 Å². The Morgan fingerprint density at radius 1 is 1.14 bits per heavy atom. The molecule has 1 heterocycles. The van der Waals surface area contributed by atoms with Crippen molar-refractivity contribution in [3.63, 3.8) is 0 Å². The average Bonchev–Trinajstić information content (AvgIpc) is 2.70. The Hall–Kier alpha value is -0.410. The highest BCUT2D eigenvalue weighted by Crippen LogP contribution is 2.16.